The number of hydrogen-bond donors (Lipinski definition) is 3. The van der Waals surface area contributed by atoms with E-state index in [-0.39, 0.29) is 0 Å². The second-order valence-electron chi connectivity index (χ2n) is 3.98. The monoisotopic (exact) mass is 198 g/mol. The summed E-state index contributed by atoms with van der Waals surface area (Å²) in [5, 5.41) is 3.24. The Morgan fingerprint density at radius 1 is 1.43 bits per heavy atom. The zero-order chi connectivity index (χ0) is 9.80. The Morgan fingerprint density at radius 3 is 2.86 bits per heavy atom. The van der Waals surface area contributed by atoms with Crippen LogP contribution < -0.4 is 16.6 Å². The van der Waals surface area contributed by atoms with Gasteiger partial charge in [-0.25, -0.2) is 5.84 Å². The van der Waals surface area contributed by atoms with Crippen LogP contribution in [0, 0.1) is 5.92 Å². The largest absolute Gasteiger partial charge is 0.381 e. The Labute approximate surface area is 84.1 Å². The van der Waals surface area contributed by atoms with E-state index in [1.807, 2.05) is 0 Å². The number of guanidine groups is 1. The quantitative estimate of drug-likeness (QED) is 0.250. The van der Waals surface area contributed by atoms with Crippen LogP contribution in [0.5, 0.6) is 0 Å². The van der Waals surface area contributed by atoms with Crippen LogP contribution in [0.1, 0.15) is 19.3 Å². The highest BCUT2D eigenvalue weighted by atomic mass is 16.5. The van der Waals surface area contributed by atoms with Gasteiger partial charge in [0.25, 0.3) is 0 Å². The molecule has 0 bridgehead atoms. The number of nitrogens with two attached hydrogens (primary N) is 1. The molecule has 2 rings (SSSR count). The lowest BCUT2D eigenvalue weighted by Crippen LogP contribution is -2.42. The molecule has 1 unspecified atom stereocenters. The van der Waals surface area contributed by atoms with Crippen molar-refractivity contribution < 1.29 is 4.74 Å². The van der Waals surface area contributed by atoms with Crippen molar-refractivity contribution in [1.82, 2.24) is 10.7 Å². The van der Waals surface area contributed by atoms with Crippen molar-refractivity contribution in [3.05, 3.63) is 0 Å². The minimum absolute atomic E-state index is 0.569. The molecule has 1 aliphatic heterocycles. The molecule has 0 aromatic heterocycles. The van der Waals surface area contributed by atoms with Crippen LogP contribution in [0.15, 0.2) is 4.99 Å². The van der Waals surface area contributed by atoms with E-state index >= 15 is 0 Å². The van der Waals surface area contributed by atoms with Gasteiger partial charge in [0.1, 0.15) is 0 Å². The molecule has 1 aliphatic carbocycles. The molecule has 4 N–H and O–H groups in total. The Balaban J connectivity index is 1.73. The molecule has 2 aliphatic rings. The second kappa shape index (κ2) is 4.61. The van der Waals surface area contributed by atoms with Crippen molar-refractivity contribution in [2.45, 2.75) is 25.3 Å². The van der Waals surface area contributed by atoms with Crippen LogP contribution in [0.25, 0.3) is 0 Å². The van der Waals surface area contributed by atoms with Crippen LogP contribution in [-0.2, 0) is 4.74 Å². The molecule has 1 atom stereocenters. The number of ether oxygens (including phenoxy) is 1. The molecule has 0 aromatic carbocycles. The van der Waals surface area contributed by atoms with E-state index in [2.05, 4.69) is 15.7 Å². The molecule has 1 saturated heterocycles. The topological polar surface area (TPSA) is 71.7 Å². The maximum Gasteiger partial charge on any atom is 0.205 e. The summed E-state index contributed by atoms with van der Waals surface area (Å²) in [5.41, 5.74) is 2.60. The van der Waals surface area contributed by atoms with Crippen LogP contribution >= 0.6 is 0 Å². The predicted octanol–water partition coefficient (Wildman–Crippen LogP) is -0.406. The summed E-state index contributed by atoms with van der Waals surface area (Å²) in [6.45, 7) is 2.52. The van der Waals surface area contributed by atoms with Crippen LogP contribution in [-0.4, -0.2) is 31.8 Å². The molecule has 5 heteroatoms. The second-order valence-corrected chi connectivity index (χ2v) is 3.98. The first-order valence-electron chi connectivity index (χ1n) is 5.24. The van der Waals surface area contributed by atoms with Crippen molar-refractivity contribution in [3.8, 4) is 0 Å². The number of nitrogens with zero attached hydrogens (tertiary/aromatic N) is 1. The molecule has 1 saturated carbocycles. The first-order chi connectivity index (χ1) is 6.88. The lowest BCUT2D eigenvalue weighted by atomic mass is 10.1. The standard InChI is InChI=1S/C9H18N4O/c10-13-9(12-8-1-2-8)11-5-7-3-4-14-6-7/h7-8H,1-6,10H2,(H2,11,12,13). The van der Waals surface area contributed by atoms with E-state index in [0.717, 1.165) is 32.1 Å². The van der Waals surface area contributed by atoms with Crippen molar-refractivity contribution in [1.29, 1.82) is 0 Å². The lowest BCUT2D eigenvalue weighted by Gasteiger charge is -2.09. The zero-order valence-electron chi connectivity index (χ0n) is 8.33. The van der Waals surface area contributed by atoms with Gasteiger partial charge in [0.15, 0.2) is 0 Å². The Hall–Kier alpha value is -0.810. The predicted molar refractivity (Wildman–Crippen MR) is 54.7 cm³/mol. The highest BCUT2D eigenvalue weighted by Crippen LogP contribution is 2.18. The van der Waals surface area contributed by atoms with Crippen molar-refractivity contribution in [2.75, 3.05) is 19.8 Å². The van der Waals surface area contributed by atoms with Gasteiger partial charge in [0.2, 0.25) is 5.96 Å². The van der Waals surface area contributed by atoms with Gasteiger partial charge in [-0.05, 0) is 19.3 Å². The number of nitrogens with one attached hydrogen (secondary N) is 2. The summed E-state index contributed by atoms with van der Waals surface area (Å²) >= 11 is 0. The fraction of sp³-hybridized carbons (Fsp3) is 0.889. The van der Waals surface area contributed by atoms with Gasteiger partial charge in [-0.1, -0.05) is 0 Å². The first-order valence-corrected chi connectivity index (χ1v) is 5.24. The molecule has 0 amide bonds. The van der Waals surface area contributed by atoms with Crippen molar-refractivity contribution in [3.63, 3.8) is 0 Å². The summed E-state index contributed by atoms with van der Waals surface area (Å²) in [6, 6.07) is 0.588. The average molecular weight is 198 g/mol. The SMILES string of the molecule is NNC(=NCC1CCOC1)NC1CC1. The number of hydrazine groups is 1. The van der Waals surface area contributed by atoms with Crippen LogP contribution in [0.3, 0.4) is 0 Å². The maximum atomic E-state index is 5.36. The maximum absolute atomic E-state index is 5.36. The number of hydrogen-bond acceptors (Lipinski definition) is 3. The van der Waals surface area contributed by atoms with Crippen molar-refractivity contribution >= 4 is 5.96 Å². The van der Waals surface area contributed by atoms with E-state index in [1.54, 1.807) is 0 Å². The summed E-state index contributed by atoms with van der Waals surface area (Å²) in [7, 11) is 0. The minimum Gasteiger partial charge on any atom is -0.381 e. The van der Waals surface area contributed by atoms with Crippen LogP contribution in [0.2, 0.25) is 0 Å². The van der Waals surface area contributed by atoms with E-state index in [1.165, 1.54) is 12.8 Å². The van der Waals surface area contributed by atoms with E-state index in [4.69, 9.17) is 10.6 Å². The van der Waals surface area contributed by atoms with Gasteiger partial charge in [0.05, 0.1) is 6.61 Å². The molecule has 5 nitrogen and oxygen atoms in total. The fourth-order valence-electron chi connectivity index (χ4n) is 1.50. The Morgan fingerprint density at radius 2 is 2.29 bits per heavy atom. The van der Waals surface area contributed by atoms with Crippen LogP contribution in [0.4, 0.5) is 0 Å². The Bertz CT molecular complexity index is 209. The molecular formula is C9H18N4O. The van der Waals surface area contributed by atoms with Gasteiger partial charge in [-0.2, -0.15) is 0 Å². The van der Waals surface area contributed by atoms with E-state index in [0.29, 0.717) is 12.0 Å². The average Bonchev–Trinajstić information content (AvgIpc) is 2.86. The third kappa shape index (κ3) is 2.85. The fourth-order valence-corrected chi connectivity index (χ4v) is 1.50. The van der Waals surface area contributed by atoms with Gasteiger partial charge in [0, 0.05) is 25.1 Å². The molecule has 0 radical (unpaired) electrons. The highest BCUT2D eigenvalue weighted by molar-refractivity contribution is 5.79. The number of rotatable bonds is 3. The molecule has 2 fully saturated rings. The summed E-state index contributed by atoms with van der Waals surface area (Å²) < 4.78 is 5.28. The van der Waals surface area contributed by atoms with Gasteiger partial charge in [-0.15, -0.1) is 0 Å². The minimum atomic E-state index is 0.569. The van der Waals surface area contributed by atoms with Gasteiger partial charge in [-0.3, -0.25) is 10.4 Å². The third-order valence-electron chi connectivity index (χ3n) is 2.59. The summed E-state index contributed by atoms with van der Waals surface area (Å²) in [4.78, 5) is 4.39. The third-order valence-corrected chi connectivity index (χ3v) is 2.59. The molecule has 0 aromatic rings. The molecule has 0 spiro atoms. The number of aliphatic imine (C=N–C) groups is 1. The summed E-state index contributed by atoms with van der Waals surface area (Å²) in [6.07, 6.45) is 3.57. The lowest BCUT2D eigenvalue weighted by molar-refractivity contribution is 0.187. The van der Waals surface area contributed by atoms with Gasteiger partial charge >= 0.3 is 0 Å². The Kier molecular flexibility index (Phi) is 3.21. The first kappa shape index (κ1) is 9.73. The smallest absolute Gasteiger partial charge is 0.205 e. The molecule has 80 valence electrons. The van der Waals surface area contributed by atoms with Gasteiger partial charge < -0.3 is 10.1 Å². The van der Waals surface area contributed by atoms with E-state index in [9.17, 15) is 0 Å². The van der Waals surface area contributed by atoms with E-state index < -0.39 is 0 Å². The highest BCUT2D eigenvalue weighted by Gasteiger charge is 2.22. The normalized spacial score (nSPS) is 27.8. The molecule has 1 heterocycles. The molecule has 14 heavy (non-hydrogen) atoms. The van der Waals surface area contributed by atoms with Crippen molar-refractivity contribution in [2.24, 2.45) is 16.8 Å². The molecular weight excluding hydrogens is 180 g/mol. The summed E-state index contributed by atoms with van der Waals surface area (Å²) in [5.74, 6) is 6.65. The zero-order valence-corrected chi connectivity index (χ0v) is 8.33.